The molecule has 2 aliphatic heterocycles. The summed E-state index contributed by atoms with van der Waals surface area (Å²) in [6.45, 7) is 13.9. The Morgan fingerprint density at radius 2 is 1.81 bits per heavy atom. The van der Waals surface area contributed by atoms with E-state index in [2.05, 4.69) is 40.7 Å². The summed E-state index contributed by atoms with van der Waals surface area (Å²) in [7, 11) is -2.09. The van der Waals surface area contributed by atoms with Crippen molar-refractivity contribution in [3.8, 4) is 0 Å². The Morgan fingerprint density at radius 1 is 1.09 bits per heavy atom. The molecule has 0 saturated carbocycles. The monoisotopic (exact) mass is 451 g/mol. The van der Waals surface area contributed by atoms with Gasteiger partial charge in [-0.2, -0.15) is 0 Å². The first-order chi connectivity index (χ1) is 15.4. The molecular weight excluding hydrogens is 414 g/mol. The maximum Gasteiger partial charge on any atom is 0.410 e. The molecule has 4 nitrogen and oxygen atoms in total. The van der Waals surface area contributed by atoms with Crippen LogP contribution in [0.3, 0.4) is 0 Å². The van der Waals surface area contributed by atoms with Gasteiger partial charge in [0.05, 0.1) is 13.2 Å². The summed E-state index contributed by atoms with van der Waals surface area (Å²) >= 11 is 0. The van der Waals surface area contributed by atoms with Crippen LogP contribution >= 0.6 is 0 Å². The SMILES string of the molecule is CCCCc1cc2c(c3c1[Si](C(C)C)(C(C)C)OC3)CN(C(=O)OCc1ccccc1)C2. The minimum atomic E-state index is -2.09. The summed E-state index contributed by atoms with van der Waals surface area (Å²) < 4.78 is 12.4. The van der Waals surface area contributed by atoms with E-state index < -0.39 is 8.32 Å². The standard InChI is InChI=1S/C27H37NO3Si/c1-6-7-13-22-14-23-15-28(27(29)30-17-21-11-9-8-10-12-21)16-24(23)25-18-31-32(19(2)3,20(4)5)26(22)25/h8-12,14,19-20H,6-7,13,15-18H2,1-5H3. The number of carbonyl (C=O) groups excluding carboxylic acids is 1. The Kier molecular flexibility index (Phi) is 6.77. The summed E-state index contributed by atoms with van der Waals surface area (Å²) in [5, 5.41) is 1.55. The molecule has 32 heavy (non-hydrogen) atoms. The number of hydrogen-bond donors (Lipinski definition) is 0. The highest BCUT2D eigenvalue weighted by Gasteiger charge is 2.51. The van der Waals surface area contributed by atoms with Crippen LogP contribution < -0.4 is 5.19 Å². The Hall–Kier alpha value is -2.11. The average Bonchev–Trinajstić information content (AvgIpc) is 3.39. The molecule has 0 unspecified atom stereocenters. The highest BCUT2D eigenvalue weighted by molar-refractivity contribution is 6.90. The van der Waals surface area contributed by atoms with E-state index in [1.54, 1.807) is 5.19 Å². The lowest BCUT2D eigenvalue weighted by Gasteiger charge is -2.36. The van der Waals surface area contributed by atoms with Crippen LogP contribution in [0.1, 0.15) is 75.3 Å². The van der Waals surface area contributed by atoms with E-state index >= 15 is 0 Å². The fraction of sp³-hybridized carbons (Fsp3) is 0.519. The third-order valence-electron chi connectivity index (χ3n) is 7.26. The van der Waals surface area contributed by atoms with Gasteiger partial charge in [0.15, 0.2) is 0 Å². The Labute approximate surface area is 194 Å². The van der Waals surface area contributed by atoms with E-state index in [0.29, 0.717) is 37.4 Å². The summed E-state index contributed by atoms with van der Waals surface area (Å²) in [5.74, 6) is 0. The maximum atomic E-state index is 12.9. The summed E-state index contributed by atoms with van der Waals surface area (Å²) in [5.41, 5.74) is 7.53. The summed E-state index contributed by atoms with van der Waals surface area (Å²) in [6.07, 6.45) is 3.24. The minimum absolute atomic E-state index is 0.232. The molecule has 0 atom stereocenters. The lowest BCUT2D eigenvalue weighted by atomic mass is 9.97. The van der Waals surface area contributed by atoms with Gasteiger partial charge in [-0.25, -0.2) is 4.79 Å². The van der Waals surface area contributed by atoms with Crippen LogP contribution in [0, 0.1) is 0 Å². The van der Waals surface area contributed by atoms with E-state index in [-0.39, 0.29) is 6.09 Å². The number of aryl methyl sites for hydroxylation is 1. The van der Waals surface area contributed by atoms with E-state index in [0.717, 1.165) is 12.0 Å². The fourth-order valence-corrected chi connectivity index (χ4v) is 10.8. The Morgan fingerprint density at radius 3 is 2.47 bits per heavy atom. The molecule has 2 aromatic carbocycles. The van der Waals surface area contributed by atoms with Gasteiger partial charge in [-0.05, 0) is 56.9 Å². The molecule has 5 heteroatoms. The fourth-order valence-electron chi connectivity index (χ4n) is 5.69. The molecule has 0 bridgehead atoms. The second kappa shape index (κ2) is 9.40. The molecule has 2 aromatic rings. The molecule has 1 amide bonds. The average molecular weight is 452 g/mol. The number of unbranched alkanes of at least 4 members (excludes halogenated alkanes) is 1. The molecule has 0 fully saturated rings. The molecule has 2 heterocycles. The van der Waals surface area contributed by atoms with Crippen LogP contribution in [-0.4, -0.2) is 19.3 Å². The zero-order valence-corrected chi connectivity index (χ0v) is 21.2. The van der Waals surface area contributed by atoms with Crippen molar-refractivity contribution in [1.29, 1.82) is 0 Å². The molecule has 172 valence electrons. The van der Waals surface area contributed by atoms with Gasteiger partial charge in [0, 0.05) is 6.54 Å². The first-order valence-corrected chi connectivity index (χ1v) is 14.2. The van der Waals surface area contributed by atoms with E-state index in [1.807, 2.05) is 35.2 Å². The third kappa shape index (κ3) is 4.01. The highest BCUT2D eigenvalue weighted by atomic mass is 28.4. The summed E-state index contributed by atoms with van der Waals surface area (Å²) in [4.78, 5) is 14.7. The number of rotatable bonds is 7. The smallest absolute Gasteiger partial charge is 0.410 e. The number of fused-ring (bicyclic) bond motifs is 3. The van der Waals surface area contributed by atoms with Gasteiger partial charge < -0.3 is 9.16 Å². The quantitative estimate of drug-likeness (QED) is 0.472. The number of benzene rings is 2. The molecule has 0 saturated heterocycles. The van der Waals surface area contributed by atoms with Gasteiger partial charge in [-0.1, -0.05) is 77.4 Å². The molecule has 0 spiro atoms. The van der Waals surface area contributed by atoms with Crippen molar-refractivity contribution < 1.29 is 14.0 Å². The zero-order valence-electron chi connectivity index (χ0n) is 20.2. The van der Waals surface area contributed by atoms with Crippen molar-refractivity contribution in [1.82, 2.24) is 4.90 Å². The van der Waals surface area contributed by atoms with Crippen molar-refractivity contribution >= 4 is 19.6 Å². The van der Waals surface area contributed by atoms with Gasteiger partial charge in [0.1, 0.15) is 6.61 Å². The van der Waals surface area contributed by atoms with Gasteiger partial charge >= 0.3 is 6.09 Å². The predicted octanol–water partition coefficient (Wildman–Crippen LogP) is 6.18. The summed E-state index contributed by atoms with van der Waals surface area (Å²) in [6, 6.07) is 12.3. The van der Waals surface area contributed by atoms with E-state index in [1.165, 1.54) is 35.1 Å². The zero-order chi connectivity index (χ0) is 22.9. The number of carbonyl (C=O) groups is 1. The van der Waals surface area contributed by atoms with E-state index in [9.17, 15) is 4.79 Å². The Bertz CT molecular complexity index is 963. The number of ether oxygens (including phenoxy) is 1. The van der Waals surface area contributed by atoms with Crippen LogP contribution in [0.15, 0.2) is 36.4 Å². The largest absolute Gasteiger partial charge is 0.445 e. The van der Waals surface area contributed by atoms with Crippen molar-refractivity contribution in [2.45, 2.75) is 91.3 Å². The molecule has 0 aliphatic carbocycles. The van der Waals surface area contributed by atoms with Gasteiger partial charge in [0.25, 0.3) is 0 Å². The normalized spacial score (nSPS) is 16.5. The van der Waals surface area contributed by atoms with Crippen LogP contribution in [-0.2, 0) is 41.9 Å². The molecule has 0 N–H and O–H groups in total. The van der Waals surface area contributed by atoms with Gasteiger partial charge in [0.2, 0.25) is 8.32 Å². The molecular formula is C27H37NO3Si. The number of nitrogens with zero attached hydrogens (tertiary/aromatic N) is 1. The first kappa shape index (κ1) is 23.1. The second-order valence-corrected chi connectivity index (χ2v) is 14.6. The van der Waals surface area contributed by atoms with Crippen molar-refractivity contribution in [3.05, 3.63) is 64.2 Å². The molecule has 0 radical (unpaired) electrons. The van der Waals surface area contributed by atoms with Gasteiger partial charge in [-0.15, -0.1) is 0 Å². The topological polar surface area (TPSA) is 38.8 Å². The Balaban J connectivity index is 1.63. The van der Waals surface area contributed by atoms with Gasteiger partial charge in [-0.3, -0.25) is 4.90 Å². The third-order valence-corrected chi connectivity index (χ3v) is 12.7. The predicted molar refractivity (Wildman–Crippen MR) is 131 cm³/mol. The molecule has 2 aliphatic rings. The van der Waals surface area contributed by atoms with E-state index in [4.69, 9.17) is 9.16 Å². The van der Waals surface area contributed by atoms with Crippen molar-refractivity contribution in [2.24, 2.45) is 0 Å². The van der Waals surface area contributed by atoms with Crippen LogP contribution in [0.5, 0.6) is 0 Å². The molecule has 4 rings (SSSR count). The van der Waals surface area contributed by atoms with Crippen molar-refractivity contribution in [2.75, 3.05) is 0 Å². The highest BCUT2D eigenvalue weighted by Crippen LogP contribution is 2.42. The minimum Gasteiger partial charge on any atom is -0.445 e. The van der Waals surface area contributed by atoms with Crippen LogP contribution in [0.2, 0.25) is 11.1 Å². The van der Waals surface area contributed by atoms with Crippen LogP contribution in [0.25, 0.3) is 0 Å². The lowest BCUT2D eigenvalue weighted by Crippen LogP contribution is -2.54. The lowest BCUT2D eigenvalue weighted by molar-refractivity contribution is 0.0954. The second-order valence-electron chi connectivity index (χ2n) is 9.92. The maximum absolute atomic E-state index is 12.9. The number of hydrogen-bond acceptors (Lipinski definition) is 3. The van der Waals surface area contributed by atoms with Crippen LogP contribution in [0.4, 0.5) is 4.79 Å². The first-order valence-electron chi connectivity index (χ1n) is 12.1. The van der Waals surface area contributed by atoms with Crippen molar-refractivity contribution in [3.63, 3.8) is 0 Å². The molecule has 0 aromatic heterocycles. The number of amides is 1.